The summed E-state index contributed by atoms with van der Waals surface area (Å²) in [5, 5.41) is 0. The minimum Gasteiger partial charge on any atom is -0.0888 e. The minimum absolute atomic E-state index is 1.05. The maximum Gasteiger partial charge on any atom is 0.0279 e. The van der Waals surface area contributed by atoms with Crippen LogP contribution in [0.3, 0.4) is 0 Å². The molecule has 154 valence electrons. The molecule has 0 aliphatic rings. The molecule has 4 aromatic carbocycles. The average molecular weight is 421 g/mol. The molecule has 0 saturated heterocycles. The fourth-order valence-electron chi connectivity index (χ4n) is 3.69. The summed E-state index contributed by atoms with van der Waals surface area (Å²) in [5.41, 5.74) is 7.75. The fraction of sp³-hybridized carbons (Fsp3) is 0.133. The van der Waals surface area contributed by atoms with Crippen molar-refractivity contribution in [1.82, 2.24) is 0 Å². The van der Waals surface area contributed by atoms with E-state index >= 15 is 0 Å². The van der Waals surface area contributed by atoms with Crippen molar-refractivity contribution in [3.63, 3.8) is 0 Å². The normalized spacial score (nSPS) is 11.8. The highest BCUT2D eigenvalue weighted by Gasteiger charge is 2.16. The molecule has 31 heavy (non-hydrogen) atoms. The Morgan fingerprint density at radius 3 is 1.48 bits per heavy atom. The quantitative estimate of drug-likeness (QED) is 0.213. The lowest BCUT2D eigenvalue weighted by Crippen LogP contribution is -1.95. The number of hydrogen-bond donors (Lipinski definition) is 0. The van der Waals surface area contributed by atoms with Crippen molar-refractivity contribution < 1.29 is 0 Å². The number of hydrogen-bond acceptors (Lipinski definition) is 1. The first-order valence-electron chi connectivity index (χ1n) is 11.0. The van der Waals surface area contributed by atoms with E-state index in [1.165, 1.54) is 43.2 Å². The molecule has 0 aliphatic heterocycles. The van der Waals surface area contributed by atoms with Gasteiger partial charge in [0.25, 0.3) is 0 Å². The van der Waals surface area contributed by atoms with E-state index < -0.39 is 0 Å². The Labute approximate surface area is 190 Å². The summed E-state index contributed by atoms with van der Waals surface area (Å²) in [6.07, 6.45) is 2.10. The summed E-state index contributed by atoms with van der Waals surface area (Å²) < 4.78 is 0. The van der Waals surface area contributed by atoms with E-state index in [0.29, 0.717) is 0 Å². The molecule has 4 aromatic rings. The molecule has 0 heterocycles. The van der Waals surface area contributed by atoms with Crippen LogP contribution in [0.15, 0.2) is 114 Å². The second-order valence-corrected chi connectivity index (χ2v) is 8.67. The van der Waals surface area contributed by atoms with Gasteiger partial charge in [-0.2, -0.15) is 0 Å². The molecule has 4 rings (SSSR count). The molecular weight excluding hydrogens is 392 g/mol. The van der Waals surface area contributed by atoms with Crippen LogP contribution in [-0.2, 0) is 12.8 Å². The van der Waals surface area contributed by atoms with Crippen LogP contribution in [0.2, 0.25) is 0 Å². The molecule has 0 N–H and O–H groups in total. The van der Waals surface area contributed by atoms with E-state index in [1.54, 1.807) is 0 Å². The van der Waals surface area contributed by atoms with Crippen molar-refractivity contribution in [3.8, 4) is 0 Å². The van der Waals surface area contributed by atoms with Gasteiger partial charge in [0.05, 0.1) is 0 Å². The summed E-state index contributed by atoms with van der Waals surface area (Å²) in [6, 6.07) is 39.5. The number of rotatable bonds is 7. The summed E-state index contributed by atoms with van der Waals surface area (Å²) in [4.78, 5) is 2.53. The minimum atomic E-state index is 1.05. The van der Waals surface area contributed by atoms with Gasteiger partial charge in [-0.15, -0.1) is 0 Å². The van der Waals surface area contributed by atoms with Crippen LogP contribution in [0.5, 0.6) is 0 Å². The molecule has 0 spiro atoms. The average Bonchev–Trinajstić information content (AvgIpc) is 2.85. The highest BCUT2D eigenvalue weighted by Crippen LogP contribution is 2.43. The maximum atomic E-state index is 2.27. The maximum absolute atomic E-state index is 2.27. The first-order valence-corrected chi connectivity index (χ1v) is 11.8. The molecule has 1 heteroatoms. The Balaban J connectivity index is 1.95. The van der Waals surface area contributed by atoms with E-state index in [2.05, 4.69) is 123 Å². The lowest BCUT2D eigenvalue weighted by molar-refractivity contribution is 1.14. The Morgan fingerprint density at radius 2 is 0.968 bits per heavy atom. The largest absolute Gasteiger partial charge is 0.0888 e. The van der Waals surface area contributed by atoms with Gasteiger partial charge in [0.1, 0.15) is 0 Å². The van der Waals surface area contributed by atoms with E-state index in [9.17, 15) is 0 Å². The third-order valence-electron chi connectivity index (χ3n) is 5.53. The van der Waals surface area contributed by atoms with Gasteiger partial charge in [-0.1, -0.05) is 123 Å². The predicted octanol–water partition coefficient (Wildman–Crippen LogP) is 8.52. The van der Waals surface area contributed by atoms with E-state index in [1.807, 2.05) is 11.8 Å². The van der Waals surface area contributed by atoms with Crippen molar-refractivity contribution in [1.29, 1.82) is 0 Å². The van der Waals surface area contributed by atoms with Crippen molar-refractivity contribution in [2.24, 2.45) is 0 Å². The zero-order valence-electron chi connectivity index (χ0n) is 18.2. The van der Waals surface area contributed by atoms with Crippen molar-refractivity contribution in [2.75, 3.05) is 0 Å². The van der Waals surface area contributed by atoms with Crippen LogP contribution in [0, 0.1) is 0 Å². The molecule has 0 aromatic heterocycles. The SMILES string of the molecule is CCc1ccc(/C(Sc2ccccc2)=C(/c2ccccc2)c2ccc(CC)cc2)cc1. The molecule has 0 unspecified atom stereocenters. The zero-order chi connectivity index (χ0) is 21.5. The molecular formula is C30H28S. The Hall–Kier alpha value is -3.03. The molecule has 0 nitrogen and oxygen atoms in total. The number of thioether (sulfide) groups is 1. The van der Waals surface area contributed by atoms with Gasteiger partial charge in [0.15, 0.2) is 0 Å². The van der Waals surface area contributed by atoms with Gasteiger partial charge in [0.2, 0.25) is 0 Å². The molecule has 0 radical (unpaired) electrons. The van der Waals surface area contributed by atoms with Gasteiger partial charge in [-0.05, 0) is 52.8 Å². The number of aryl methyl sites for hydroxylation is 2. The molecule has 0 atom stereocenters. The predicted molar refractivity (Wildman–Crippen MR) is 136 cm³/mol. The van der Waals surface area contributed by atoms with Crippen molar-refractivity contribution in [2.45, 2.75) is 31.6 Å². The first-order chi connectivity index (χ1) is 15.3. The van der Waals surface area contributed by atoms with Crippen LogP contribution >= 0.6 is 11.8 Å². The highest BCUT2D eigenvalue weighted by molar-refractivity contribution is 8.08. The van der Waals surface area contributed by atoms with E-state index in [0.717, 1.165) is 12.8 Å². The molecule has 0 aliphatic carbocycles. The van der Waals surface area contributed by atoms with Gasteiger partial charge >= 0.3 is 0 Å². The fourth-order valence-corrected chi connectivity index (χ4v) is 4.81. The molecule has 0 amide bonds. The van der Waals surface area contributed by atoms with Crippen molar-refractivity contribution in [3.05, 3.63) is 137 Å². The Bertz CT molecular complexity index is 1120. The van der Waals surface area contributed by atoms with Crippen LogP contribution in [0.25, 0.3) is 10.5 Å². The highest BCUT2D eigenvalue weighted by atomic mass is 32.2. The Morgan fingerprint density at radius 1 is 0.516 bits per heavy atom. The second-order valence-electron chi connectivity index (χ2n) is 7.59. The smallest absolute Gasteiger partial charge is 0.0279 e. The van der Waals surface area contributed by atoms with Gasteiger partial charge in [0, 0.05) is 15.4 Å². The van der Waals surface area contributed by atoms with Crippen LogP contribution in [0.1, 0.15) is 41.7 Å². The summed E-state index contributed by atoms with van der Waals surface area (Å²) >= 11 is 1.84. The third kappa shape index (κ3) is 5.18. The van der Waals surface area contributed by atoms with E-state index in [-0.39, 0.29) is 0 Å². The topological polar surface area (TPSA) is 0 Å². The standard InChI is InChI=1S/C30H28S/c1-3-23-15-19-26(20-16-23)29(25-11-7-5-8-12-25)30(31-28-13-9-6-10-14-28)27-21-17-24(4-2)18-22-27/h5-22H,3-4H2,1-2H3/b30-29+. The lowest BCUT2D eigenvalue weighted by Gasteiger charge is -2.18. The van der Waals surface area contributed by atoms with Crippen LogP contribution < -0.4 is 0 Å². The first kappa shape index (κ1) is 21.2. The second kappa shape index (κ2) is 10.3. The lowest BCUT2D eigenvalue weighted by atomic mass is 9.94. The molecule has 0 saturated carbocycles. The van der Waals surface area contributed by atoms with Crippen molar-refractivity contribution >= 4 is 22.2 Å². The van der Waals surface area contributed by atoms with Gasteiger partial charge in [-0.25, -0.2) is 0 Å². The van der Waals surface area contributed by atoms with Crippen LogP contribution in [-0.4, -0.2) is 0 Å². The van der Waals surface area contributed by atoms with Gasteiger partial charge < -0.3 is 0 Å². The van der Waals surface area contributed by atoms with Crippen LogP contribution in [0.4, 0.5) is 0 Å². The third-order valence-corrected chi connectivity index (χ3v) is 6.68. The summed E-state index contributed by atoms with van der Waals surface area (Å²) in [5.74, 6) is 0. The monoisotopic (exact) mass is 420 g/mol. The summed E-state index contributed by atoms with van der Waals surface area (Å²) in [6.45, 7) is 4.41. The van der Waals surface area contributed by atoms with E-state index in [4.69, 9.17) is 0 Å². The summed E-state index contributed by atoms with van der Waals surface area (Å²) in [7, 11) is 0. The van der Waals surface area contributed by atoms with Gasteiger partial charge in [-0.3, -0.25) is 0 Å². The Kier molecular flexibility index (Phi) is 7.07. The number of benzene rings is 4. The molecule has 0 fully saturated rings. The zero-order valence-corrected chi connectivity index (χ0v) is 19.0. The molecule has 0 bridgehead atoms.